The van der Waals surface area contributed by atoms with Gasteiger partial charge in [-0.2, -0.15) is 0 Å². The number of benzene rings is 2. The molecular weight excluding hydrogens is 425 g/mol. The molecule has 0 saturated carbocycles. The number of hydrogen-bond acceptors (Lipinski definition) is 4. The first-order valence-electron chi connectivity index (χ1n) is 11.2. The summed E-state index contributed by atoms with van der Waals surface area (Å²) in [5, 5.41) is 0. The van der Waals surface area contributed by atoms with Gasteiger partial charge in [0, 0.05) is 38.8 Å². The zero-order valence-electron chi connectivity index (χ0n) is 18.7. The highest BCUT2D eigenvalue weighted by Gasteiger charge is 2.38. The Balaban J connectivity index is 1.25. The van der Waals surface area contributed by atoms with Gasteiger partial charge in [0.05, 0.1) is 0 Å². The predicted molar refractivity (Wildman–Crippen MR) is 120 cm³/mol. The Hall–Kier alpha value is -3.42. The second-order valence-corrected chi connectivity index (χ2v) is 8.57. The van der Waals surface area contributed by atoms with Gasteiger partial charge < -0.3 is 19.4 Å². The van der Waals surface area contributed by atoms with Crippen LogP contribution in [0.4, 0.5) is 4.39 Å². The number of nitrogens with zero attached hydrogens (tertiary/aromatic N) is 3. The molecule has 0 unspecified atom stereocenters. The van der Waals surface area contributed by atoms with E-state index >= 15 is 0 Å². The number of piperazine rings is 1. The molecule has 0 N–H and O–H groups in total. The highest BCUT2D eigenvalue weighted by atomic mass is 19.1. The van der Waals surface area contributed by atoms with Gasteiger partial charge in [-0.3, -0.25) is 14.4 Å². The zero-order chi connectivity index (χ0) is 23.4. The van der Waals surface area contributed by atoms with Gasteiger partial charge in [-0.15, -0.1) is 0 Å². The number of aryl methyl sites for hydroxylation is 1. The number of amides is 3. The molecule has 174 valence electrons. The highest BCUT2D eigenvalue weighted by Crippen LogP contribution is 2.21. The zero-order valence-corrected chi connectivity index (χ0v) is 18.7. The first-order chi connectivity index (χ1) is 15.9. The molecule has 2 aliphatic heterocycles. The van der Waals surface area contributed by atoms with Crippen molar-refractivity contribution in [1.82, 2.24) is 14.7 Å². The van der Waals surface area contributed by atoms with Gasteiger partial charge in [-0.25, -0.2) is 4.39 Å². The Morgan fingerprint density at radius 3 is 2.27 bits per heavy atom. The summed E-state index contributed by atoms with van der Waals surface area (Å²) in [6.45, 7) is 4.33. The van der Waals surface area contributed by atoms with Crippen molar-refractivity contribution in [3.63, 3.8) is 0 Å². The van der Waals surface area contributed by atoms with Gasteiger partial charge in [-0.05, 0) is 49.6 Å². The third kappa shape index (κ3) is 5.50. The number of carbonyl (C=O) groups is 3. The largest absolute Gasteiger partial charge is 0.484 e. The topological polar surface area (TPSA) is 70.2 Å². The van der Waals surface area contributed by atoms with Crippen molar-refractivity contribution in [3.8, 4) is 5.75 Å². The number of hydrogen-bond donors (Lipinski definition) is 0. The van der Waals surface area contributed by atoms with E-state index in [9.17, 15) is 18.8 Å². The van der Waals surface area contributed by atoms with Gasteiger partial charge in [-0.1, -0.05) is 29.8 Å². The van der Waals surface area contributed by atoms with E-state index in [-0.39, 0.29) is 24.4 Å². The minimum atomic E-state index is -0.465. The maximum Gasteiger partial charge on any atom is 0.312 e. The number of rotatable bonds is 6. The fourth-order valence-corrected chi connectivity index (χ4v) is 4.30. The molecule has 2 aromatic carbocycles. The normalized spacial score (nSPS) is 17.5. The van der Waals surface area contributed by atoms with Crippen LogP contribution < -0.4 is 4.74 Å². The number of likely N-dealkylation sites (tertiary alicyclic amines) is 1. The van der Waals surface area contributed by atoms with Crippen LogP contribution in [-0.4, -0.2) is 71.2 Å². The van der Waals surface area contributed by atoms with E-state index < -0.39 is 11.8 Å². The molecule has 0 aliphatic carbocycles. The van der Waals surface area contributed by atoms with E-state index in [4.69, 9.17) is 4.74 Å². The molecular formula is C25H28FN3O4. The third-order valence-corrected chi connectivity index (χ3v) is 6.27. The number of carbonyl (C=O) groups excluding carboxylic acids is 3. The number of halogens is 1. The van der Waals surface area contributed by atoms with Crippen LogP contribution in [0.15, 0.2) is 48.5 Å². The summed E-state index contributed by atoms with van der Waals surface area (Å²) in [6.07, 6.45) is 1.25. The molecule has 2 fully saturated rings. The Labute approximate surface area is 192 Å². The summed E-state index contributed by atoms with van der Waals surface area (Å²) in [5.41, 5.74) is 2.16. The molecule has 2 heterocycles. The lowest BCUT2D eigenvalue weighted by atomic mass is 10.0. The minimum absolute atomic E-state index is 0.0509. The van der Waals surface area contributed by atoms with Gasteiger partial charge in [0.2, 0.25) is 0 Å². The van der Waals surface area contributed by atoms with Gasteiger partial charge in [0.15, 0.2) is 6.61 Å². The molecule has 2 saturated heterocycles. The summed E-state index contributed by atoms with van der Waals surface area (Å²) in [7, 11) is 0. The SMILES string of the molecule is Cc1ccc(CN2CCN(C3CCN(C(=O)COc4ccc(F)cc4)CC3)C(=O)C2=O)cc1. The molecule has 8 heteroatoms. The summed E-state index contributed by atoms with van der Waals surface area (Å²) in [6, 6.07) is 13.4. The molecule has 4 rings (SSSR count). The van der Waals surface area contributed by atoms with Crippen LogP contribution in [0.2, 0.25) is 0 Å². The summed E-state index contributed by atoms with van der Waals surface area (Å²) >= 11 is 0. The van der Waals surface area contributed by atoms with Crippen LogP contribution in [0.5, 0.6) is 5.75 Å². The highest BCUT2D eigenvalue weighted by molar-refractivity contribution is 6.35. The molecule has 33 heavy (non-hydrogen) atoms. The van der Waals surface area contributed by atoms with Crippen molar-refractivity contribution >= 4 is 17.7 Å². The minimum Gasteiger partial charge on any atom is -0.484 e. The fraction of sp³-hybridized carbons (Fsp3) is 0.400. The van der Waals surface area contributed by atoms with E-state index in [1.807, 2.05) is 31.2 Å². The Morgan fingerprint density at radius 1 is 0.939 bits per heavy atom. The Bertz CT molecular complexity index is 1000. The molecule has 0 radical (unpaired) electrons. The van der Waals surface area contributed by atoms with E-state index in [1.165, 1.54) is 24.3 Å². The van der Waals surface area contributed by atoms with Crippen LogP contribution >= 0.6 is 0 Å². The van der Waals surface area contributed by atoms with Crippen LogP contribution in [0.25, 0.3) is 0 Å². The smallest absolute Gasteiger partial charge is 0.312 e. The summed E-state index contributed by atoms with van der Waals surface area (Å²) < 4.78 is 18.4. The molecule has 2 aliphatic rings. The summed E-state index contributed by atoms with van der Waals surface area (Å²) in [4.78, 5) is 42.9. The lowest BCUT2D eigenvalue weighted by Crippen LogP contribution is -2.59. The summed E-state index contributed by atoms with van der Waals surface area (Å²) in [5.74, 6) is -0.999. The molecule has 7 nitrogen and oxygen atoms in total. The van der Waals surface area contributed by atoms with Crippen molar-refractivity contribution in [2.75, 3.05) is 32.8 Å². The fourth-order valence-electron chi connectivity index (χ4n) is 4.30. The number of piperidine rings is 1. The number of ether oxygens (including phenoxy) is 1. The second-order valence-electron chi connectivity index (χ2n) is 8.57. The molecule has 3 amide bonds. The van der Waals surface area contributed by atoms with Crippen molar-refractivity contribution in [3.05, 3.63) is 65.5 Å². The van der Waals surface area contributed by atoms with Crippen molar-refractivity contribution in [1.29, 1.82) is 0 Å². The van der Waals surface area contributed by atoms with Gasteiger partial charge in [0.25, 0.3) is 5.91 Å². The van der Waals surface area contributed by atoms with E-state index in [0.29, 0.717) is 51.3 Å². The Morgan fingerprint density at radius 2 is 1.61 bits per heavy atom. The lowest BCUT2D eigenvalue weighted by Gasteiger charge is -2.42. The first kappa shape index (κ1) is 22.8. The maximum atomic E-state index is 13.0. The van der Waals surface area contributed by atoms with Gasteiger partial charge in [0.1, 0.15) is 11.6 Å². The Kier molecular flexibility index (Phi) is 6.91. The van der Waals surface area contributed by atoms with Crippen LogP contribution in [0.1, 0.15) is 24.0 Å². The lowest BCUT2D eigenvalue weighted by molar-refractivity contribution is -0.159. The molecule has 2 aromatic rings. The van der Waals surface area contributed by atoms with Crippen molar-refractivity contribution < 1.29 is 23.5 Å². The van der Waals surface area contributed by atoms with Crippen molar-refractivity contribution in [2.24, 2.45) is 0 Å². The third-order valence-electron chi connectivity index (χ3n) is 6.27. The molecule has 0 aromatic heterocycles. The van der Waals surface area contributed by atoms with Crippen molar-refractivity contribution in [2.45, 2.75) is 32.4 Å². The van der Waals surface area contributed by atoms with Gasteiger partial charge >= 0.3 is 11.8 Å². The molecule has 0 spiro atoms. The quantitative estimate of drug-likeness (QED) is 0.630. The second kappa shape index (κ2) is 10.0. The monoisotopic (exact) mass is 453 g/mol. The van der Waals surface area contributed by atoms with Crippen LogP contribution in [0.3, 0.4) is 0 Å². The average Bonchev–Trinajstić information content (AvgIpc) is 2.83. The van der Waals surface area contributed by atoms with E-state index in [2.05, 4.69) is 0 Å². The first-order valence-corrected chi connectivity index (χ1v) is 11.2. The maximum absolute atomic E-state index is 13.0. The standard InChI is InChI=1S/C25H28FN3O4/c1-18-2-4-19(5-3-18)16-28-14-15-29(25(32)24(28)31)21-10-12-27(13-11-21)23(30)17-33-22-8-6-20(26)7-9-22/h2-9,21H,10-17H2,1H3. The average molecular weight is 454 g/mol. The predicted octanol–water partition coefficient (Wildman–Crippen LogP) is 2.37. The van der Waals surface area contributed by atoms with Crippen LogP contribution in [0, 0.1) is 12.7 Å². The van der Waals surface area contributed by atoms with Crippen LogP contribution in [-0.2, 0) is 20.9 Å². The molecule has 0 atom stereocenters. The van der Waals surface area contributed by atoms with E-state index in [0.717, 1.165) is 11.1 Å². The molecule has 0 bridgehead atoms. The van der Waals surface area contributed by atoms with E-state index in [1.54, 1.807) is 14.7 Å².